The highest BCUT2D eigenvalue weighted by atomic mass is 16.7. The number of ketones is 3. The van der Waals surface area contributed by atoms with E-state index in [2.05, 4.69) is 0 Å². The van der Waals surface area contributed by atoms with Crippen molar-refractivity contribution in [3.05, 3.63) is 58.5 Å². The van der Waals surface area contributed by atoms with Crippen molar-refractivity contribution in [1.82, 2.24) is 0 Å². The summed E-state index contributed by atoms with van der Waals surface area (Å²) in [7, 11) is 0. The van der Waals surface area contributed by atoms with E-state index in [4.69, 9.17) is 13.9 Å². The maximum absolute atomic E-state index is 12.6. The molecule has 1 fully saturated rings. The smallest absolute Gasteiger partial charge is 0.316 e. The molecule has 1 aromatic heterocycles. The number of hydrogen-bond donors (Lipinski definition) is 0. The van der Waals surface area contributed by atoms with Crippen LogP contribution in [-0.2, 0) is 19.1 Å². The molecule has 2 aromatic rings. The standard InChI is InChI=1S/C24H22O8/c1-13(31-24(29)14-7-3-2-4-8-14)30-20(26)12-18(25)19-11-17-21(27)15-9-5-6-10-16(15)22(28)23(17)32-19/h5-6,9-11,13-14H,2-4,7-8,12H2,1H3. The van der Waals surface area contributed by atoms with Crippen molar-refractivity contribution in [2.75, 3.05) is 0 Å². The molecule has 0 saturated heterocycles. The molecule has 2 aliphatic rings. The molecule has 8 nitrogen and oxygen atoms in total. The van der Waals surface area contributed by atoms with Crippen molar-refractivity contribution in [1.29, 1.82) is 0 Å². The number of ether oxygens (including phenoxy) is 2. The van der Waals surface area contributed by atoms with Gasteiger partial charge in [-0.3, -0.25) is 24.0 Å². The second kappa shape index (κ2) is 8.90. The van der Waals surface area contributed by atoms with E-state index in [9.17, 15) is 24.0 Å². The number of carbonyl (C=O) groups excluding carboxylic acids is 5. The zero-order valence-electron chi connectivity index (χ0n) is 17.6. The maximum atomic E-state index is 12.6. The highest BCUT2D eigenvalue weighted by Gasteiger charge is 2.35. The molecule has 1 saturated carbocycles. The number of Topliss-reactive ketones (excluding diaryl/α,β-unsaturated/α-hetero) is 1. The lowest BCUT2D eigenvalue weighted by atomic mass is 9.88. The van der Waals surface area contributed by atoms with Crippen molar-refractivity contribution < 1.29 is 37.9 Å². The van der Waals surface area contributed by atoms with E-state index in [1.54, 1.807) is 12.1 Å². The molecule has 0 amide bonds. The number of esters is 2. The first kappa shape index (κ1) is 21.7. The fraction of sp³-hybridized carbons (Fsp3) is 0.375. The van der Waals surface area contributed by atoms with E-state index in [0.29, 0.717) is 0 Å². The van der Waals surface area contributed by atoms with Gasteiger partial charge in [0.25, 0.3) is 0 Å². The molecule has 0 N–H and O–H groups in total. The third kappa shape index (κ3) is 4.26. The van der Waals surface area contributed by atoms with Gasteiger partial charge in [-0.1, -0.05) is 43.5 Å². The first-order valence-corrected chi connectivity index (χ1v) is 10.6. The fourth-order valence-electron chi connectivity index (χ4n) is 4.08. The van der Waals surface area contributed by atoms with Crippen molar-refractivity contribution in [2.45, 2.75) is 51.7 Å². The molecule has 32 heavy (non-hydrogen) atoms. The topological polar surface area (TPSA) is 117 Å². The van der Waals surface area contributed by atoms with Crippen LogP contribution in [0.2, 0.25) is 0 Å². The molecule has 0 bridgehead atoms. The molecule has 1 atom stereocenters. The number of furan rings is 1. The van der Waals surface area contributed by atoms with Crippen LogP contribution in [0.1, 0.15) is 88.0 Å². The molecule has 0 radical (unpaired) electrons. The van der Waals surface area contributed by atoms with Crippen LogP contribution in [0.3, 0.4) is 0 Å². The van der Waals surface area contributed by atoms with Crippen LogP contribution >= 0.6 is 0 Å². The second-order valence-corrected chi connectivity index (χ2v) is 7.99. The molecular formula is C24H22O8. The van der Waals surface area contributed by atoms with Crippen molar-refractivity contribution in [3.8, 4) is 0 Å². The summed E-state index contributed by atoms with van der Waals surface area (Å²) in [6.07, 6.45) is 2.71. The highest BCUT2D eigenvalue weighted by molar-refractivity contribution is 6.28. The first-order valence-electron chi connectivity index (χ1n) is 10.6. The predicted octanol–water partition coefficient (Wildman–Crippen LogP) is 3.64. The van der Waals surface area contributed by atoms with Gasteiger partial charge in [0, 0.05) is 18.1 Å². The largest absolute Gasteiger partial charge is 0.449 e. The Labute approximate surface area is 183 Å². The maximum Gasteiger partial charge on any atom is 0.316 e. The van der Waals surface area contributed by atoms with E-state index in [1.807, 2.05) is 0 Å². The number of hydrogen-bond acceptors (Lipinski definition) is 8. The van der Waals surface area contributed by atoms with Gasteiger partial charge in [0.1, 0.15) is 6.42 Å². The SMILES string of the molecule is CC(OC(=O)CC(=O)c1cc2c(o1)C(=O)c1ccccc1C2=O)OC(=O)C1CCCCC1. The lowest BCUT2D eigenvalue weighted by molar-refractivity contribution is -0.187. The van der Waals surface area contributed by atoms with E-state index in [-0.39, 0.29) is 34.1 Å². The van der Waals surface area contributed by atoms with Gasteiger partial charge in [0.2, 0.25) is 17.9 Å². The van der Waals surface area contributed by atoms with Gasteiger partial charge < -0.3 is 13.9 Å². The summed E-state index contributed by atoms with van der Waals surface area (Å²) < 4.78 is 15.5. The summed E-state index contributed by atoms with van der Waals surface area (Å²) in [4.78, 5) is 62.0. The molecule has 1 unspecified atom stereocenters. The Kier molecular flexibility index (Phi) is 6.03. The molecular weight excluding hydrogens is 416 g/mol. The molecule has 1 aromatic carbocycles. The predicted molar refractivity (Wildman–Crippen MR) is 109 cm³/mol. The van der Waals surface area contributed by atoms with Crippen LogP contribution in [0.5, 0.6) is 0 Å². The van der Waals surface area contributed by atoms with Crippen molar-refractivity contribution >= 4 is 29.3 Å². The Morgan fingerprint density at radius 3 is 2.31 bits per heavy atom. The third-order valence-corrected chi connectivity index (χ3v) is 5.70. The number of carbonyl (C=O) groups is 5. The lowest BCUT2D eigenvalue weighted by Gasteiger charge is -2.22. The molecule has 1 heterocycles. The molecule has 2 aliphatic carbocycles. The van der Waals surface area contributed by atoms with Crippen molar-refractivity contribution in [3.63, 3.8) is 0 Å². The molecule has 0 spiro atoms. The lowest BCUT2D eigenvalue weighted by Crippen LogP contribution is -2.28. The van der Waals surface area contributed by atoms with E-state index in [1.165, 1.54) is 25.1 Å². The van der Waals surface area contributed by atoms with Crippen LogP contribution in [0.15, 0.2) is 34.7 Å². The first-order chi connectivity index (χ1) is 15.3. The summed E-state index contributed by atoms with van der Waals surface area (Å²) >= 11 is 0. The molecule has 8 heteroatoms. The van der Waals surface area contributed by atoms with E-state index < -0.39 is 42.0 Å². The highest BCUT2D eigenvalue weighted by Crippen LogP contribution is 2.30. The third-order valence-electron chi connectivity index (χ3n) is 5.70. The Balaban J connectivity index is 1.37. The quantitative estimate of drug-likeness (QED) is 0.248. The zero-order chi connectivity index (χ0) is 22.8. The Bertz CT molecular complexity index is 1050. The van der Waals surface area contributed by atoms with Crippen LogP contribution in [-0.4, -0.2) is 35.6 Å². The summed E-state index contributed by atoms with van der Waals surface area (Å²) in [5.41, 5.74) is 0.421. The Morgan fingerprint density at radius 2 is 1.62 bits per heavy atom. The van der Waals surface area contributed by atoms with E-state index in [0.717, 1.165) is 32.1 Å². The summed E-state index contributed by atoms with van der Waals surface area (Å²) in [5, 5.41) is 0. The van der Waals surface area contributed by atoms with Crippen LogP contribution < -0.4 is 0 Å². The van der Waals surface area contributed by atoms with Gasteiger partial charge in [0.05, 0.1) is 11.5 Å². The average molecular weight is 438 g/mol. The minimum Gasteiger partial charge on any atom is -0.449 e. The summed E-state index contributed by atoms with van der Waals surface area (Å²) in [6, 6.07) is 7.48. The molecule has 4 rings (SSSR count). The van der Waals surface area contributed by atoms with Gasteiger partial charge in [-0.15, -0.1) is 0 Å². The fourth-order valence-corrected chi connectivity index (χ4v) is 4.08. The number of fused-ring (bicyclic) bond motifs is 2. The van der Waals surface area contributed by atoms with Gasteiger partial charge in [-0.05, 0) is 18.9 Å². The monoisotopic (exact) mass is 438 g/mol. The average Bonchev–Trinajstić information content (AvgIpc) is 3.24. The summed E-state index contributed by atoms with van der Waals surface area (Å²) in [6.45, 7) is 1.41. The van der Waals surface area contributed by atoms with Crippen LogP contribution in [0.25, 0.3) is 0 Å². The normalized spacial score (nSPS) is 16.7. The van der Waals surface area contributed by atoms with Gasteiger partial charge >= 0.3 is 11.9 Å². The van der Waals surface area contributed by atoms with E-state index >= 15 is 0 Å². The molecule has 0 aliphatic heterocycles. The number of benzene rings is 1. The minimum atomic E-state index is -1.13. The van der Waals surface area contributed by atoms with Gasteiger partial charge in [0.15, 0.2) is 17.3 Å². The van der Waals surface area contributed by atoms with Crippen LogP contribution in [0, 0.1) is 5.92 Å². The number of rotatable bonds is 6. The zero-order valence-corrected chi connectivity index (χ0v) is 17.6. The van der Waals surface area contributed by atoms with Crippen LogP contribution in [0.4, 0.5) is 0 Å². The Hall–Kier alpha value is -3.55. The second-order valence-electron chi connectivity index (χ2n) is 7.99. The van der Waals surface area contributed by atoms with Gasteiger partial charge in [-0.2, -0.15) is 0 Å². The summed E-state index contributed by atoms with van der Waals surface area (Å²) in [5.74, 6) is -3.70. The molecule has 166 valence electrons. The van der Waals surface area contributed by atoms with Gasteiger partial charge in [-0.25, -0.2) is 0 Å². The van der Waals surface area contributed by atoms with Crippen molar-refractivity contribution in [2.24, 2.45) is 5.92 Å². The minimum absolute atomic E-state index is 0.0137. The Morgan fingerprint density at radius 1 is 0.969 bits per heavy atom.